The van der Waals surface area contributed by atoms with E-state index in [0.29, 0.717) is 11.0 Å². The second-order valence-electron chi connectivity index (χ2n) is 5.81. The number of fused-ring (bicyclic) bond motifs is 1. The quantitative estimate of drug-likeness (QED) is 0.822. The Labute approximate surface area is 139 Å². The third-order valence-corrected chi connectivity index (χ3v) is 3.55. The van der Waals surface area contributed by atoms with Gasteiger partial charge in [-0.25, -0.2) is 4.79 Å². The highest BCUT2D eigenvalue weighted by atomic mass is 16.5. The van der Waals surface area contributed by atoms with Gasteiger partial charge in [0, 0.05) is 12.1 Å². The Morgan fingerprint density at radius 3 is 2.75 bits per heavy atom. The number of benzene rings is 1. The van der Waals surface area contributed by atoms with E-state index in [1.165, 1.54) is 0 Å². The summed E-state index contributed by atoms with van der Waals surface area (Å²) in [5.41, 5.74) is 0.900. The average molecular weight is 331 g/mol. The minimum Gasteiger partial charge on any atom is -0.450 e. The Hall–Kier alpha value is -2.63. The van der Waals surface area contributed by atoms with E-state index in [2.05, 4.69) is 5.32 Å². The Kier molecular flexibility index (Phi) is 5.73. The van der Waals surface area contributed by atoms with Crippen molar-refractivity contribution in [3.05, 3.63) is 45.8 Å². The van der Waals surface area contributed by atoms with E-state index >= 15 is 0 Å². The van der Waals surface area contributed by atoms with Crippen molar-refractivity contribution in [2.24, 2.45) is 0 Å². The fourth-order valence-corrected chi connectivity index (χ4v) is 2.39. The molecule has 128 valence electrons. The van der Waals surface area contributed by atoms with Crippen molar-refractivity contribution in [1.82, 2.24) is 5.32 Å². The van der Waals surface area contributed by atoms with Crippen molar-refractivity contribution in [2.45, 2.75) is 39.7 Å². The number of ether oxygens (including phenoxy) is 1. The van der Waals surface area contributed by atoms with Crippen molar-refractivity contribution >= 4 is 22.8 Å². The molecule has 0 bridgehead atoms. The van der Waals surface area contributed by atoms with E-state index in [-0.39, 0.29) is 23.1 Å². The molecule has 6 nitrogen and oxygen atoms in total. The van der Waals surface area contributed by atoms with Crippen LogP contribution in [0, 0.1) is 6.92 Å². The summed E-state index contributed by atoms with van der Waals surface area (Å²) in [5, 5.41) is 3.13. The molecule has 2 aromatic rings. The van der Waals surface area contributed by atoms with Crippen LogP contribution in [0.3, 0.4) is 0 Å². The summed E-state index contributed by atoms with van der Waals surface area (Å²) in [7, 11) is 0. The fraction of sp³-hybridized carbons (Fsp3) is 0.389. The van der Waals surface area contributed by atoms with Gasteiger partial charge in [-0.05, 0) is 32.4 Å². The number of amides is 1. The first-order valence-corrected chi connectivity index (χ1v) is 7.91. The van der Waals surface area contributed by atoms with Crippen LogP contribution in [0.25, 0.3) is 11.0 Å². The molecule has 1 atom stereocenters. The van der Waals surface area contributed by atoms with Crippen molar-refractivity contribution < 1.29 is 18.7 Å². The van der Waals surface area contributed by atoms with E-state index in [1.807, 2.05) is 20.8 Å². The van der Waals surface area contributed by atoms with Gasteiger partial charge in [0.15, 0.2) is 12.0 Å². The number of hydrogen-bond donors (Lipinski definition) is 1. The summed E-state index contributed by atoms with van der Waals surface area (Å²) in [5.74, 6) is -1.44. The lowest BCUT2D eigenvalue weighted by molar-refractivity contribution is -0.124. The number of esters is 1. The van der Waals surface area contributed by atoms with Crippen LogP contribution >= 0.6 is 0 Å². The topological polar surface area (TPSA) is 85.6 Å². The Morgan fingerprint density at radius 1 is 1.29 bits per heavy atom. The van der Waals surface area contributed by atoms with Crippen LogP contribution in [0.15, 0.2) is 33.5 Å². The van der Waals surface area contributed by atoms with Gasteiger partial charge in [-0.1, -0.05) is 25.0 Å². The Morgan fingerprint density at radius 2 is 2.04 bits per heavy atom. The largest absolute Gasteiger partial charge is 0.450 e. The molecule has 0 aliphatic rings. The van der Waals surface area contributed by atoms with Gasteiger partial charge in [0.2, 0.25) is 5.76 Å². The summed E-state index contributed by atoms with van der Waals surface area (Å²) in [6.07, 6.45) is 1.79. The maximum atomic E-state index is 12.1. The molecular formula is C18H21NO5. The molecule has 6 heteroatoms. The molecule has 0 fully saturated rings. The first-order chi connectivity index (χ1) is 11.4. The number of rotatable bonds is 6. The van der Waals surface area contributed by atoms with Crippen molar-refractivity contribution in [1.29, 1.82) is 0 Å². The molecule has 1 aromatic heterocycles. The summed E-state index contributed by atoms with van der Waals surface area (Å²) in [6.45, 7) is 5.35. The van der Waals surface area contributed by atoms with Crippen LogP contribution in [0.4, 0.5) is 0 Å². The van der Waals surface area contributed by atoms with E-state index in [0.717, 1.165) is 24.5 Å². The Balaban J connectivity index is 2.05. The van der Waals surface area contributed by atoms with E-state index in [4.69, 9.17) is 9.15 Å². The second kappa shape index (κ2) is 7.77. The first kappa shape index (κ1) is 17.7. The second-order valence-corrected chi connectivity index (χ2v) is 5.81. The summed E-state index contributed by atoms with van der Waals surface area (Å²) in [4.78, 5) is 35.8. The maximum Gasteiger partial charge on any atom is 0.374 e. The van der Waals surface area contributed by atoms with E-state index < -0.39 is 12.6 Å². The normalized spacial score (nSPS) is 12.0. The standard InChI is InChI=1S/C18H21NO5/c1-4-5-12(3)19-17(21)10-23-18(22)16-9-14(20)13-8-11(2)6-7-15(13)24-16/h6-9,12H,4-5,10H2,1-3H3,(H,19,21)/t12-/m0/s1. The van der Waals surface area contributed by atoms with Gasteiger partial charge in [0.25, 0.3) is 5.91 Å². The predicted octanol–water partition coefficient (Wildman–Crippen LogP) is 2.56. The lowest BCUT2D eigenvalue weighted by atomic mass is 10.1. The summed E-state index contributed by atoms with van der Waals surface area (Å²) >= 11 is 0. The molecule has 2 rings (SSSR count). The summed E-state index contributed by atoms with van der Waals surface area (Å²) < 4.78 is 10.3. The van der Waals surface area contributed by atoms with Crippen LogP contribution in [-0.4, -0.2) is 24.5 Å². The van der Waals surface area contributed by atoms with Gasteiger partial charge in [-0.15, -0.1) is 0 Å². The minimum absolute atomic E-state index is 0.0167. The summed E-state index contributed by atoms with van der Waals surface area (Å²) in [6, 6.07) is 6.20. The molecule has 0 saturated carbocycles. The molecule has 1 N–H and O–H groups in total. The third kappa shape index (κ3) is 4.44. The molecule has 0 saturated heterocycles. The van der Waals surface area contributed by atoms with Crippen LogP contribution in [0.5, 0.6) is 0 Å². The minimum atomic E-state index is -0.840. The van der Waals surface area contributed by atoms with Crippen LogP contribution < -0.4 is 10.7 Å². The molecule has 0 radical (unpaired) electrons. The Bertz CT molecular complexity index is 809. The number of carbonyl (C=O) groups excluding carboxylic acids is 2. The molecule has 0 spiro atoms. The van der Waals surface area contributed by atoms with E-state index in [1.54, 1.807) is 18.2 Å². The van der Waals surface area contributed by atoms with Gasteiger partial charge < -0.3 is 14.5 Å². The van der Waals surface area contributed by atoms with Crippen LogP contribution in [-0.2, 0) is 9.53 Å². The highest BCUT2D eigenvalue weighted by Crippen LogP contribution is 2.14. The van der Waals surface area contributed by atoms with Crippen molar-refractivity contribution in [3.63, 3.8) is 0 Å². The fourth-order valence-electron chi connectivity index (χ4n) is 2.39. The zero-order valence-electron chi connectivity index (χ0n) is 14.0. The first-order valence-electron chi connectivity index (χ1n) is 7.91. The smallest absolute Gasteiger partial charge is 0.374 e. The van der Waals surface area contributed by atoms with Gasteiger partial charge in [0.1, 0.15) is 5.58 Å². The third-order valence-electron chi connectivity index (χ3n) is 3.55. The molecule has 0 aliphatic heterocycles. The number of aryl methyl sites for hydroxylation is 1. The highest BCUT2D eigenvalue weighted by Gasteiger charge is 2.16. The zero-order valence-corrected chi connectivity index (χ0v) is 14.0. The molecule has 1 aromatic carbocycles. The lowest BCUT2D eigenvalue weighted by Crippen LogP contribution is -2.35. The van der Waals surface area contributed by atoms with Crippen molar-refractivity contribution in [2.75, 3.05) is 6.61 Å². The monoisotopic (exact) mass is 331 g/mol. The molecular weight excluding hydrogens is 310 g/mol. The van der Waals surface area contributed by atoms with Crippen LogP contribution in [0.1, 0.15) is 42.8 Å². The predicted molar refractivity (Wildman–Crippen MR) is 90.0 cm³/mol. The number of hydrogen-bond acceptors (Lipinski definition) is 5. The lowest BCUT2D eigenvalue weighted by Gasteiger charge is -2.12. The van der Waals surface area contributed by atoms with Gasteiger partial charge in [0.05, 0.1) is 5.39 Å². The molecule has 24 heavy (non-hydrogen) atoms. The van der Waals surface area contributed by atoms with Gasteiger partial charge in [-0.3, -0.25) is 9.59 Å². The molecule has 0 unspecified atom stereocenters. The average Bonchev–Trinajstić information content (AvgIpc) is 2.53. The van der Waals surface area contributed by atoms with Crippen LogP contribution in [0.2, 0.25) is 0 Å². The molecule has 1 amide bonds. The van der Waals surface area contributed by atoms with Crippen molar-refractivity contribution in [3.8, 4) is 0 Å². The number of carbonyl (C=O) groups is 2. The maximum absolute atomic E-state index is 12.1. The molecule has 1 heterocycles. The number of nitrogens with one attached hydrogen (secondary N) is 1. The molecule has 0 aliphatic carbocycles. The van der Waals surface area contributed by atoms with Gasteiger partial charge >= 0.3 is 5.97 Å². The SMILES string of the molecule is CCC[C@H](C)NC(=O)COC(=O)c1cc(=O)c2cc(C)ccc2o1. The van der Waals surface area contributed by atoms with E-state index in [9.17, 15) is 14.4 Å². The van der Waals surface area contributed by atoms with Gasteiger partial charge in [-0.2, -0.15) is 0 Å². The zero-order chi connectivity index (χ0) is 17.7. The highest BCUT2D eigenvalue weighted by molar-refractivity contribution is 5.90.